The number of halogens is 3. The summed E-state index contributed by atoms with van der Waals surface area (Å²) in [5, 5.41) is 0. The van der Waals surface area contributed by atoms with E-state index >= 15 is 0 Å². The fraction of sp³-hybridized carbons (Fsp3) is 0.158. The highest BCUT2D eigenvalue weighted by Crippen LogP contribution is 2.25. The van der Waals surface area contributed by atoms with Crippen LogP contribution in [-0.4, -0.2) is 25.0 Å². The van der Waals surface area contributed by atoms with Crippen LogP contribution < -0.4 is 21.5 Å². The maximum Gasteiger partial charge on any atom is 0.573 e. The number of aromatic nitrogens is 4. The zero-order valence-electron chi connectivity index (χ0n) is 26.6. The van der Waals surface area contributed by atoms with Gasteiger partial charge in [-0.2, -0.15) is 0 Å². The summed E-state index contributed by atoms with van der Waals surface area (Å²) in [4.78, 5) is 41.9. The third-order valence-electron chi connectivity index (χ3n) is 8.14. The van der Waals surface area contributed by atoms with Crippen LogP contribution in [0, 0.1) is 12.8 Å². The second-order valence-corrected chi connectivity index (χ2v) is 11.9. The summed E-state index contributed by atoms with van der Waals surface area (Å²) < 4.78 is 45.7. The van der Waals surface area contributed by atoms with Gasteiger partial charge in [-0.1, -0.05) is 31.2 Å². The zero-order valence-corrected chi connectivity index (χ0v) is 26.6. The summed E-state index contributed by atoms with van der Waals surface area (Å²) in [7, 11) is 0. The number of pyridine rings is 2. The third-order valence-corrected chi connectivity index (χ3v) is 8.14. The van der Waals surface area contributed by atoms with Gasteiger partial charge in [0.1, 0.15) is 5.75 Å². The van der Waals surface area contributed by atoms with Crippen LogP contribution in [0.2, 0.25) is 0 Å². The van der Waals surface area contributed by atoms with Crippen LogP contribution in [0.1, 0.15) is 23.6 Å². The molecule has 8 nitrogen and oxygen atoms in total. The van der Waals surface area contributed by atoms with Crippen molar-refractivity contribution in [3.05, 3.63) is 170 Å². The Morgan fingerprint density at radius 1 is 0.714 bits per heavy atom. The summed E-state index contributed by atoms with van der Waals surface area (Å²) in [5.74, 6) is -0.156. The molecule has 0 N–H and O–H groups in total. The molecule has 6 rings (SSSR count). The summed E-state index contributed by atoms with van der Waals surface area (Å²) in [6.45, 7) is 4.04. The van der Waals surface area contributed by atoms with E-state index < -0.39 is 6.36 Å². The predicted molar refractivity (Wildman–Crippen MR) is 181 cm³/mol. The maximum atomic E-state index is 13.2. The Hall–Kier alpha value is -5.97. The van der Waals surface area contributed by atoms with Crippen LogP contribution >= 0.6 is 0 Å². The molecular weight excluding hydrogens is 633 g/mol. The minimum Gasteiger partial charge on any atom is -0.406 e. The first-order valence-corrected chi connectivity index (χ1v) is 15.5. The van der Waals surface area contributed by atoms with Gasteiger partial charge in [-0.05, 0) is 114 Å². The topological polar surface area (TPSA) is 88.1 Å². The average Bonchev–Trinajstić information content (AvgIpc) is 3.06. The Morgan fingerprint density at radius 2 is 1.31 bits per heavy atom. The summed E-state index contributed by atoms with van der Waals surface area (Å²) in [6, 6.07) is 27.0. The van der Waals surface area contributed by atoms with E-state index in [-0.39, 0.29) is 28.5 Å². The van der Waals surface area contributed by atoms with E-state index in [1.54, 1.807) is 29.1 Å². The predicted octanol–water partition coefficient (Wildman–Crippen LogP) is 6.83. The maximum absolute atomic E-state index is 13.2. The number of benzene rings is 3. The molecule has 0 saturated carbocycles. The molecule has 3 heterocycles. The number of alkyl halides is 3. The van der Waals surface area contributed by atoms with Crippen molar-refractivity contribution >= 4 is 0 Å². The van der Waals surface area contributed by atoms with E-state index in [9.17, 15) is 27.6 Å². The van der Waals surface area contributed by atoms with Gasteiger partial charge in [0, 0.05) is 48.3 Å². The van der Waals surface area contributed by atoms with Gasteiger partial charge in [-0.3, -0.25) is 23.3 Å². The number of hydrogen-bond acceptors (Lipinski definition) is 5. The van der Waals surface area contributed by atoms with Crippen molar-refractivity contribution in [3.63, 3.8) is 0 Å². The largest absolute Gasteiger partial charge is 0.573 e. The lowest BCUT2D eigenvalue weighted by molar-refractivity contribution is -0.274. The molecule has 3 aromatic carbocycles. The number of rotatable bonds is 9. The van der Waals surface area contributed by atoms with Crippen LogP contribution in [0.25, 0.3) is 28.2 Å². The molecule has 3 aromatic heterocycles. The average molecular weight is 665 g/mol. The van der Waals surface area contributed by atoms with E-state index in [0.29, 0.717) is 17.8 Å². The molecule has 6 aromatic rings. The molecular formula is C38H31F3N4O4. The molecule has 0 saturated heterocycles. The second kappa shape index (κ2) is 13.6. The Labute approximate surface area is 279 Å². The second-order valence-electron chi connectivity index (χ2n) is 11.9. The molecule has 0 aliphatic carbocycles. The van der Waals surface area contributed by atoms with Gasteiger partial charge in [0.2, 0.25) is 0 Å². The minimum absolute atomic E-state index is 0.172. The van der Waals surface area contributed by atoms with Crippen LogP contribution in [-0.2, 0) is 12.8 Å². The lowest BCUT2D eigenvalue weighted by atomic mass is 9.94. The van der Waals surface area contributed by atoms with Gasteiger partial charge in [0.15, 0.2) is 0 Å². The molecule has 0 fully saturated rings. The number of hydrogen-bond donors (Lipinski definition) is 0. The summed E-state index contributed by atoms with van der Waals surface area (Å²) >= 11 is 0. The highest BCUT2D eigenvalue weighted by molar-refractivity contribution is 5.68. The SMILES string of the molecule is Cc1cn(-c2ccc(CC(C)Cc3ccn(-c4ccc(OC(F)(F)F)cc4)c(=O)c3)cc2)c(=O)cc1-c1ccc(-n2cccnc2=O)cc1. The standard InChI is InChI=1S/C38H31F3N4O4/c1-25(21-28-16-19-43(35(46)22-28)30-12-14-33(15-13-30)49-38(39,40)41)20-27-4-8-32(9-5-27)45-24-26(2)34(23-36(45)47)29-6-10-31(11-7-29)44-18-3-17-42-37(44)48/h3-19,22-25H,20-21H2,1-2H3. The van der Waals surface area contributed by atoms with E-state index in [1.807, 2.05) is 67.7 Å². The highest BCUT2D eigenvalue weighted by Gasteiger charge is 2.31. The fourth-order valence-corrected chi connectivity index (χ4v) is 5.84. The lowest BCUT2D eigenvalue weighted by Crippen LogP contribution is -2.19. The summed E-state index contributed by atoms with van der Waals surface area (Å²) in [6.07, 6.45) is 3.15. The van der Waals surface area contributed by atoms with E-state index in [1.165, 1.54) is 45.7 Å². The molecule has 11 heteroatoms. The third kappa shape index (κ3) is 7.78. The first kappa shape index (κ1) is 33.0. The van der Waals surface area contributed by atoms with Gasteiger partial charge in [0.05, 0.1) is 5.69 Å². The molecule has 1 atom stereocenters. The number of ether oxygens (including phenoxy) is 1. The van der Waals surface area contributed by atoms with Crippen LogP contribution in [0.4, 0.5) is 13.2 Å². The van der Waals surface area contributed by atoms with Crippen molar-refractivity contribution in [3.8, 4) is 33.9 Å². The molecule has 49 heavy (non-hydrogen) atoms. The first-order valence-electron chi connectivity index (χ1n) is 15.5. The van der Waals surface area contributed by atoms with Crippen molar-refractivity contribution in [2.75, 3.05) is 0 Å². The monoisotopic (exact) mass is 664 g/mol. The lowest BCUT2D eigenvalue weighted by Gasteiger charge is -2.15. The van der Waals surface area contributed by atoms with Gasteiger partial charge < -0.3 is 4.74 Å². The smallest absolute Gasteiger partial charge is 0.406 e. The van der Waals surface area contributed by atoms with Crippen molar-refractivity contribution in [2.24, 2.45) is 5.92 Å². The fourth-order valence-electron chi connectivity index (χ4n) is 5.84. The van der Waals surface area contributed by atoms with E-state index in [2.05, 4.69) is 16.6 Å². The van der Waals surface area contributed by atoms with Crippen molar-refractivity contribution < 1.29 is 17.9 Å². The normalized spacial score (nSPS) is 12.1. The van der Waals surface area contributed by atoms with Crippen LogP contribution in [0.15, 0.2) is 136 Å². The Bertz CT molecular complexity index is 2270. The van der Waals surface area contributed by atoms with Crippen molar-refractivity contribution in [2.45, 2.75) is 33.1 Å². The molecule has 0 spiro atoms. The van der Waals surface area contributed by atoms with Gasteiger partial charge >= 0.3 is 12.1 Å². The van der Waals surface area contributed by atoms with Crippen molar-refractivity contribution in [1.82, 2.24) is 18.7 Å². The summed E-state index contributed by atoms with van der Waals surface area (Å²) in [5.41, 5.74) is 5.53. The number of aryl methyl sites for hydroxylation is 1. The Kier molecular flexibility index (Phi) is 9.17. The Balaban J connectivity index is 1.10. The molecule has 0 amide bonds. The molecule has 0 radical (unpaired) electrons. The van der Waals surface area contributed by atoms with Gasteiger partial charge in [-0.25, -0.2) is 9.78 Å². The van der Waals surface area contributed by atoms with E-state index in [4.69, 9.17) is 0 Å². The highest BCUT2D eigenvalue weighted by atomic mass is 19.4. The van der Waals surface area contributed by atoms with Gasteiger partial charge in [-0.15, -0.1) is 13.2 Å². The first-order chi connectivity index (χ1) is 23.4. The number of nitrogens with zero attached hydrogens (tertiary/aromatic N) is 4. The van der Waals surface area contributed by atoms with Crippen molar-refractivity contribution in [1.29, 1.82) is 0 Å². The van der Waals surface area contributed by atoms with Crippen LogP contribution in [0.5, 0.6) is 5.75 Å². The van der Waals surface area contributed by atoms with Crippen LogP contribution in [0.3, 0.4) is 0 Å². The molecule has 0 bridgehead atoms. The quantitative estimate of drug-likeness (QED) is 0.169. The van der Waals surface area contributed by atoms with Gasteiger partial charge in [0.25, 0.3) is 11.1 Å². The molecule has 0 aliphatic rings. The van der Waals surface area contributed by atoms with E-state index in [0.717, 1.165) is 39.9 Å². The molecule has 0 aliphatic heterocycles. The Morgan fingerprint density at radius 3 is 1.96 bits per heavy atom. The minimum atomic E-state index is -4.79. The zero-order chi connectivity index (χ0) is 34.7. The molecule has 1 unspecified atom stereocenters. The molecule has 248 valence electrons.